The van der Waals surface area contributed by atoms with Gasteiger partial charge in [0.15, 0.2) is 6.29 Å². The van der Waals surface area contributed by atoms with Crippen molar-refractivity contribution in [2.45, 2.75) is 13.3 Å². The quantitative estimate of drug-likeness (QED) is 0.290. The molecule has 0 spiro atoms. The smallest absolute Gasteiger partial charge is 0.270 e. The number of carbonyl (C=O) groups excluding carboxylic acids is 2. The summed E-state index contributed by atoms with van der Waals surface area (Å²) in [4.78, 5) is 31.4. The molecule has 6 heteroatoms. The topological polar surface area (TPSA) is 89.3 Å². The van der Waals surface area contributed by atoms with Crippen molar-refractivity contribution >= 4 is 17.9 Å². The Morgan fingerprint density at radius 1 is 1.53 bits per heavy atom. The Kier molecular flexibility index (Phi) is 5.23. The lowest BCUT2D eigenvalue weighted by Gasteiger charge is -1.97. The first kappa shape index (κ1) is 14.4. The van der Waals surface area contributed by atoms with Crippen LogP contribution in [0.5, 0.6) is 0 Å². The van der Waals surface area contributed by atoms with Crippen molar-refractivity contribution in [2.75, 3.05) is 6.54 Å². The van der Waals surface area contributed by atoms with Crippen molar-refractivity contribution in [3.05, 3.63) is 39.4 Å². The maximum atomic E-state index is 10.8. The zero-order valence-electron chi connectivity index (χ0n) is 10.3. The van der Waals surface area contributed by atoms with Gasteiger partial charge in [-0.05, 0) is 6.07 Å². The highest BCUT2D eigenvalue weighted by Gasteiger charge is 2.08. The second kappa shape index (κ2) is 6.91. The molecule has 6 nitrogen and oxygen atoms in total. The number of nitro benzene ring substituents is 1. The molecule has 1 aromatic carbocycles. The van der Waals surface area contributed by atoms with Gasteiger partial charge in [-0.3, -0.25) is 19.7 Å². The minimum atomic E-state index is -0.568. The van der Waals surface area contributed by atoms with Crippen molar-refractivity contribution in [1.82, 2.24) is 5.32 Å². The Morgan fingerprint density at radius 3 is 2.84 bits per heavy atom. The average Bonchev–Trinajstić information content (AvgIpc) is 2.37. The van der Waals surface area contributed by atoms with Crippen molar-refractivity contribution < 1.29 is 14.5 Å². The monoisotopic (exact) mass is 260 g/mol. The number of rotatable bonds is 4. The van der Waals surface area contributed by atoms with Gasteiger partial charge in [0.2, 0.25) is 5.91 Å². The summed E-state index contributed by atoms with van der Waals surface area (Å²) in [5.41, 5.74) is 0.468. The number of carbonyl (C=O) groups is 2. The van der Waals surface area contributed by atoms with E-state index >= 15 is 0 Å². The molecule has 0 fully saturated rings. The molecular weight excluding hydrogens is 248 g/mol. The van der Waals surface area contributed by atoms with E-state index in [1.807, 2.05) is 0 Å². The number of non-ortho nitro benzene ring substituents is 1. The first-order valence-electron chi connectivity index (χ1n) is 5.51. The van der Waals surface area contributed by atoms with Gasteiger partial charge < -0.3 is 5.32 Å². The van der Waals surface area contributed by atoms with Gasteiger partial charge in [-0.25, -0.2) is 0 Å². The molecule has 1 N–H and O–H groups in total. The molecule has 1 aromatic rings. The van der Waals surface area contributed by atoms with Gasteiger partial charge in [0.25, 0.3) is 5.69 Å². The van der Waals surface area contributed by atoms with Crippen molar-refractivity contribution in [2.24, 2.45) is 0 Å². The van der Waals surface area contributed by atoms with Gasteiger partial charge in [0.05, 0.1) is 4.92 Å². The molecule has 0 aliphatic rings. The molecule has 0 saturated carbocycles. The van der Waals surface area contributed by atoms with Crippen molar-refractivity contribution in [3.63, 3.8) is 0 Å². The number of hydrogen-bond acceptors (Lipinski definition) is 4. The van der Waals surface area contributed by atoms with Gasteiger partial charge >= 0.3 is 0 Å². The lowest BCUT2D eigenvalue weighted by Crippen LogP contribution is -2.20. The zero-order chi connectivity index (χ0) is 14.3. The predicted molar refractivity (Wildman–Crippen MR) is 68.7 cm³/mol. The van der Waals surface area contributed by atoms with Crippen LogP contribution in [0.15, 0.2) is 18.2 Å². The highest BCUT2D eigenvalue weighted by molar-refractivity contribution is 5.80. The first-order valence-corrected chi connectivity index (χ1v) is 5.51. The average molecular weight is 260 g/mol. The zero-order valence-corrected chi connectivity index (χ0v) is 10.3. The second-order valence-corrected chi connectivity index (χ2v) is 3.68. The van der Waals surface area contributed by atoms with E-state index in [-0.39, 0.29) is 17.2 Å². The summed E-state index contributed by atoms with van der Waals surface area (Å²) in [5, 5.41) is 13.1. The van der Waals surface area contributed by atoms with Gasteiger partial charge in [-0.1, -0.05) is 11.8 Å². The number of amides is 1. The van der Waals surface area contributed by atoms with Crippen LogP contribution in [0.25, 0.3) is 0 Å². The molecule has 0 aliphatic heterocycles. The van der Waals surface area contributed by atoms with Crippen LogP contribution in [0.2, 0.25) is 0 Å². The summed E-state index contributed by atoms with van der Waals surface area (Å²) in [7, 11) is 0. The largest absolute Gasteiger partial charge is 0.355 e. The Labute approximate surface area is 110 Å². The van der Waals surface area contributed by atoms with Crippen LogP contribution >= 0.6 is 0 Å². The minimum Gasteiger partial charge on any atom is -0.355 e. The second-order valence-electron chi connectivity index (χ2n) is 3.68. The highest BCUT2D eigenvalue weighted by Crippen LogP contribution is 2.15. The summed E-state index contributed by atoms with van der Waals surface area (Å²) in [6, 6.07) is 3.92. The third kappa shape index (κ3) is 4.60. The number of nitrogens with zero attached hydrogens (tertiary/aromatic N) is 1. The van der Waals surface area contributed by atoms with Crippen LogP contribution < -0.4 is 5.32 Å². The summed E-state index contributed by atoms with van der Waals surface area (Å²) in [6.07, 6.45) is 0.972. The van der Waals surface area contributed by atoms with Crippen LogP contribution in [-0.4, -0.2) is 23.7 Å². The van der Waals surface area contributed by atoms with Crippen molar-refractivity contribution in [3.8, 4) is 11.8 Å². The molecule has 1 amide bonds. The van der Waals surface area contributed by atoms with E-state index in [0.29, 0.717) is 24.8 Å². The molecule has 0 aliphatic carbocycles. The minimum absolute atomic E-state index is 0.134. The van der Waals surface area contributed by atoms with E-state index in [1.54, 1.807) is 0 Å². The molecule has 0 unspecified atom stereocenters. The third-order valence-electron chi connectivity index (χ3n) is 2.22. The molecule has 0 heterocycles. The number of hydrogen-bond donors (Lipinski definition) is 1. The normalized spacial score (nSPS) is 9.11. The van der Waals surface area contributed by atoms with E-state index in [4.69, 9.17) is 0 Å². The van der Waals surface area contributed by atoms with Crippen LogP contribution in [0.4, 0.5) is 5.69 Å². The molecule has 0 saturated heterocycles. The standard InChI is InChI=1S/C13H12N2O4/c1-10(17)14-7-3-2-4-11-5-6-13(15(18)19)8-12(11)9-16/h5-6,8-9H,3,7H2,1H3,(H,14,17). The Bertz CT molecular complexity index is 570. The summed E-state index contributed by atoms with van der Waals surface area (Å²) in [6.45, 7) is 1.83. The van der Waals surface area contributed by atoms with Gasteiger partial charge in [-0.2, -0.15) is 0 Å². The first-order chi connectivity index (χ1) is 9.04. The number of aldehydes is 1. The van der Waals surface area contributed by atoms with E-state index < -0.39 is 4.92 Å². The molecular formula is C13H12N2O4. The van der Waals surface area contributed by atoms with Gasteiger partial charge in [0.1, 0.15) is 0 Å². The fourth-order valence-electron chi connectivity index (χ4n) is 1.33. The Morgan fingerprint density at radius 2 is 2.26 bits per heavy atom. The fraction of sp³-hybridized carbons (Fsp3) is 0.231. The highest BCUT2D eigenvalue weighted by atomic mass is 16.6. The molecule has 0 atom stereocenters. The molecule has 98 valence electrons. The molecule has 0 bridgehead atoms. The SMILES string of the molecule is CC(=O)NCCC#Cc1ccc([N+](=O)[O-])cc1C=O. The Balaban J connectivity index is 2.78. The molecule has 0 radical (unpaired) electrons. The third-order valence-corrected chi connectivity index (χ3v) is 2.22. The number of benzene rings is 1. The van der Waals surface area contributed by atoms with E-state index in [9.17, 15) is 19.7 Å². The molecule has 1 rings (SSSR count). The van der Waals surface area contributed by atoms with Crippen LogP contribution in [0.1, 0.15) is 29.3 Å². The van der Waals surface area contributed by atoms with E-state index in [0.717, 1.165) is 0 Å². The maximum absolute atomic E-state index is 10.8. The summed E-state index contributed by atoms with van der Waals surface area (Å²) >= 11 is 0. The molecule has 19 heavy (non-hydrogen) atoms. The lowest BCUT2D eigenvalue weighted by atomic mass is 10.1. The number of nitro groups is 1. The fourth-order valence-corrected chi connectivity index (χ4v) is 1.33. The van der Waals surface area contributed by atoms with Crippen LogP contribution in [-0.2, 0) is 4.79 Å². The van der Waals surface area contributed by atoms with E-state index in [2.05, 4.69) is 17.2 Å². The van der Waals surface area contributed by atoms with Crippen molar-refractivity contribution in [1.29, 1.82) is 0 Å². The van der Waals surface area contributed by atoms with Gasteiger partial charge in [-0.15, -0.1) is 0 Å². The summed E-state index contributed by atoms with van der Waals surface area (Å²) in [5.74, 6) is 5.40. The van der Waals surface area contributed by atoms with E-state index in [1.165, 1.54) is 25.1 Å². The lowest BCUT2D eigenvalue weighted by molar-refractivity contribution is -0.384. The predicted octanol–water partition coefficient (Wildman–Crippen LogP) is 1.28. The maximum Gasteiger partial charge on any atom is 0.270 e. The number of nitrogens with one attached hydrogen (secondary N) is 1. The summed E-state index contributed by atoms with van der Waals surface area (Å²) < 4.78 is 0. The Hall–Kier alpha value is -2.68. The van der Waals surface area contributed by atoms with Gasteiger partial charge in [0, 0.05) is 43.1 Å². The van der Waals surface area contributed by atoms with Crippen LogP contribution in [0.3, 0.4) is 0 Å². The molecule has 0 aromatic heterocycles. The van der Waals surface area contributed by atoms with Crippen LogP contribution in [0, 0.1) is 22.0 Å².